The van der Waals surface area contributed by atoms with Crippen LogP contribution < -0.4 is 10.5 Å². The number of nitrogens with two attached hydrogens (primary N) is 1. The number of hydrogen-bond donors (Lipinski definition) is 1. The molecule has 0 unspecified atom stereocenters. The summed E-state index contributed by atoms with van der Waals surface area (Å²) in [6, 6.07) is 4.52. The van der Waals surface area contributed by atoms with Gasteiger partial charge in [-0.3, -0.25) is 4.79 Å². The van der Waals surface area contributed by atoms with Gasteiger partial charge in [-0.1, -0.05) is 6.07 Å². The average molecular weight is 290 g/mol. The fourth-order valence-electron chi connectivity index (χ4n) is 1.85. The van der Waals surface area contributed by atoms with E-state index in [2.05, 4.69) is 9.97 Å². The summed E-state index contributed by atoms with van der Waals surface area (Å²) in [5.41, 5.74) is 6.33. The van der Waals surface area contributed by atoms with E-state index in [9.17, 15) is 9.18 Å². The normalized spacial score (nSPS) is 10.2. The van der Waals surface area contributed by atoms with Crippen molar-refractivity contribution in [2.75, 3.05) is 19.9 Å². The van der Waals surface area contributed by atoms with Crippen LogP contribution in [0, 0.1) is 5.82 Å². The first-order valence-corrected chi connectivity index (χ1v) is 6.17. The van der Waals surface area contributed by atoms with Crippen molar-refractivity contribution in [3.05, 3.63) is 47.7 Å². The molecule has 0 saturated heterocycles. The van der Waals surface area contributed by atoms with Gasteiger partial charge in [0.15, 0.2) is 23.1 Å². The Kier molecular flexibility index (Phi) is 4.32. The lowest BCUT2D eigenvalue weighted by Gasteiger charge is -2.17. The van der Waals surface area contributed by atoms with E-state index in [1.807, 2.05) is 0 Å². The van der Waals surface area contributed by atoms with E-state index in [4.69, 9.17) is 10.5 Å². The molecule has 0 aliphatic carbocycles. The van der Waals surface area contributed by atoms with Crippen molar-refractivity contribution in [1.82, 2.24) is 14.9 Å². The number of carbonyl (C=O) groups is 1. The molecule has 1 amide bonds. The molecule has 6 nitrogen and oxygen atoms in total. The summed E-state index contributed by atoms with van der Waals surface area (Å²) in [7, 11) is 2.98. The van der Waals surface area contributed by atoms with Crippen LogP contribution in [0.2, 0.25) is 0 Å². The van der Waals surface area contributed by atoms with Crippen LogP contribution in [-0.2, 0) is 6.54 Å². The molecule has 21 heavy (non-hydrogen) atoms. The summed E-state index contributed by atoms with van der Waals surface area (Å²) in [5.74, 6) is -0.632. The van der Waals surface area contributed by atoms with Crippen LogP contribution in [0.15, 0.2) is 30.6 Å². The van der Waals surface area contributed by atoms with Crippen molar-refractivity contribution >= 4 is 11.7 Å². The Morgan fingerprint density at radius 1 is 1.38 bits per heavy atom. The van der Waals surface area contributed by atoms with Crippen molar-refractivity contribution in [2.45, 2.75) is 6.54 Å². The van der Waals surface area contributed by atoms with E-state index in [1.165, 1.54) is 36.5 Å². The van der Waals surface area contributed by atoms with Crippen LogP contribution in [0.4, 0.5) is 10.2 Å². The number of carbonyl (C=O) groups excluding carboxylic acids is 1. The maximum atomic E-state index is 13.6. The van der Waals surface area contributed by atoms with Crippen LogP contribution in [0.1, 0.15) is 16.1 Å². The van der Waals surface area contributed by atoms with Crippen LogP contribution in [0.25, 0.3) is 0 Å². The summed E-state index contributed by atoms with van der Waals surface area (Å²) in [6.45, 7) is 0.218. The van der Waals surface area contributed by atoms with Gasteiger partial charge in [-0.05, 0) is 17.7 Å². The van der Waals surface area contributed by atoms with Gasteiger partial charge in [-0.2, -0.15) is 0 Å². The average Bonchev–Trinajstić information content (AvgIpc) is 2.47. The number of benzene rings is 1. The third-order valence-corrected chi connectivity index (χ3v) is 2.91. The molecule has 0 atom stereocenters. The van der Waals surface area contributed by atoms with E-state index in [0.717, 1.165) is 0 Å². The number of ether oxygens (including phenoxy) is 1. The van der Waals surface area contributed by atoms with Crippen LogP contribution in [0.3, 0.4) is 0 Å². The molecule has 0 aliphatic heterocycles. The lowest BCUT2D eigenvalue weighted by molar-refractivity contribution is 0.0780. The first-order chi connectivity index (χ1) is 10.0. The molecule has 0 radical (unpaired) electrons. The topological polar surface area (TPSA) is 81.3 Å². The second-order valence-corrected chi connectivity index (χ2v) is 4.42. The summed E-state index contributed by atoms with van der Waals surface area (Å²) < 4.78 is 18.5. The lowest BCUT2D eigenvalue weighted by Crippen LogP contribution is -2.28. The molecule has 2 N–H and O–H groups in total. The van der Waals surface area contributed by atoms with Crippen molar-refractivity contribution in [3.8, 4) is 5.75 Å². The molecule has 1 aromatic carbocycles. The molecule has 110 valence electrons. The quantitative estimate of drug-likeness (QED) is 0.922. The zero-order valence-electron chi connectivity index (χ0n) is 11.7. The standard InChI is InChI=1S/C14H15FN4O2/c1-19(14(20)12-13(16)18-6-5-17-12)8-9-3-4-11(21-2)10(15)7-9/h3-7H,8H2,1-2H3,(H2,16,18). The molecule has 2 rings (SSSR count). The molecule has 0 bridgehead atoms. The highest BCUT2D eigenvalue weighted by molar-refractivity contribution is 5.96. The zero-order chi connectivity index (χ0) is 15.4. The molecular weight excluding hydrogens is 275 g/mol. The van der Waals surface area contributed by atoms with Crippen molar-refractivity contribution in [2.24, 2.45) is 0 Å². The predicted octanol–water partition coefficient (Wildman–Crippen LogP) is 1.48. The number of hydrogen-bond acceptors (Lipinski definition) is 5. The van der Waals surface area contributed by atoms with E-state index in [1.54, 1.807) is 13.1 Å². The van der Waals surface area contributed by atoms with Crippen LogP contribution >= 0.6 is 0 Å². The van der Waals surface area contributed by atoms with E-state index >= 15 is 0 Å². The maximum Gasteiger partial charge on any atom is 0.276 e. The first kappa shape index (κ1) is 14.7. The molecule has 1 heterocycles. The summed E-state index contributed by atoms with van der Waals surface area (Å²) >= 11 is 0. The van der Waals surface area contributed by atoms with E-state index < -0.39 is 5.82 Å². The fraction of sp³-hybridized carbons (Fsp3) is 0.214. The van der Waals surface area contributed by atoms with Gasteiger partial charge in [0.2, 0.25) is 0 Å². The monoisotopic (exact) mass is 290 g/mol. The lowest BCUT2D eigenvalue weighted by atomic mass is 10.2. The minimum Gasteiger partial charge on any atom is -0.494 e. The van der Waals surface area contributed by atoms with Crippen molar-refractivity contribution in [3.63, 3.8) is 0 Å². The number of rotatable bonds is 4. The number of anilines is 1. The third kappa shape index (κ3) is 3.25. The minimum absolute atomic E-state index is 0.0651. The number of aromatic nitrogens is 2. The molecule has 7 heteroatoms. The molecule has 0 saturated carbocycles. The Labute approximate surface area is 121 Å². The highest BCUT2D eigenvalue weighted by Gasteiger charge is 2.17. The maximum absolute atomic E-state index is 13.6. The number of methoxy groups -OCH3 is 1. The van der Waals surface area contributed by atoms with E-state index in [-0.39, 0.29) is 29.7 Å². The molecule has 1 aromatic heterocycles. The SMILES string of the molecule is COc1ccc(CN(C)C(=O)c2nccnc2N)cc1F. The zero-order valence-corrected chi connectivity index (χ0v) is 11.7. The van der Waals surface area contributed by atoms with E-state index in [0.29, 0.717) is 5.56 Å². The Hall–Kier alpha value is -2.70. The summed E-state index contributed by atoms with van der Waals surface area (Å²) in [6.07, 6.45) is 2.80. The van der Waals surface area contributed by atoms with Crippen molar-refractivity contribution < 1.29 is 13.9 Å². The van der Waals surface area contributed by atoms with Gasteiger partial charge in [-0.25, -0.2) is 14.4 Å². The molecule has 0 spiro atoms. The minimum atomic E-state index is -0.477. The molecule has 0 aliphatic rings. The van der Waals surface area contributed by atoms with Gasteiger partial charge in [0, 0.05) is 26.0 Å². The van der Waals surface area contributed by atoms with Crippen molar-refractivity contribution in [1.29, 1.82) is 0 Å². The number of halogens is 1. The number of nitrogen functional groups attached to an aromatic ring is 1. The Balaban J connectivity index is 2.14. The van der Waals surface area contributed by atoms with Gasteiger partial charge in [0.1, 0.15) is 0 Å². The molecular formula is C14H15FN4O2. The second-order valence-electron chi connectivity index (χ2n) is 4.42. The van der Waals surface area contributed by atoms with Gasteiger partial charge in [0.25, 0.3) is 5.91 Å². The third-order valence-electron chi connectivity index (χ3n) is 2.91. The number of amides is 1. The summed E-state index contributed by atoms with van der Waals surface area (Å²) in [4.78, 5) is 21.3. The second kappa shape index (κ2) is 6.17. The summed E-state index contributed by atoms with van der Waals surface area (Å²) in [5, 5.41) is 0. The number of nitrogens with zero attached hydrogens (tertiary/aromatic N) is 3. The highest BCUT2D eigenvalue weighted by atomic mass is 19.1. The van der Waals surface area contributed by atoms with Gasteiger partial charge < -0.3 is 15.4 Å². The van der Waals surface area contributed by atoms with Gasteiger partial charge in [0.05, 0.1) is 7.11 Å². The smallest absolute Gasteiger partial charge is 0.276 e. The van der Waals surface area contributed by atoms with Crippen LogP contribution in [-0.4, -0.2) is 34.9 Å². The predicted molar refractivity (Wildman–Crippen MR) is 75.2 cm³/mol. The van der Waals surface area contributed by atoms with Crippen LogP contribution in [0.5, 0.6) is 5.75 Å². The Bertz CT molecular complexity index is 663. The fourth-order valence-corrected chi connectivity index (χ4v) is 1.85. The van der Waals surface area contributed by atoms with Gasteiger partial charge >= 0.3 is 0 Å². The highest BCUT2D eigenvalue weighted by Crippen LogP contribution is 2.19. The molecule has 2 aromatic rings. The van der Waals surface area contributed by atoms with Gasteiger partial charge in [-0.15, -0.1) is 0 Å². The molecule has 0 fully saturated rings. The first-order valence-electron chi connectivity index (χ1n) is 6.17. The Morgan fingerprint density at radius 2 is 2.10 bits per heavy atom. The largest absolute Gasteiger partial charge is 0.494 e. The Morgan fingerprint density at radius 3 is 2.71 bits per heavy atom.